The molecule has 1 fully saturated rings. The molecule has 1 rings (SSSR count). The molecule has 0 radical (unpaired) electrons. The number of carbonyl (C=O) groups is 1. The lowest BCUT2D eigenvalue weighted by molar-refractivity contribution is -0.124. The van der Waals surface area contributed by atoms with Crippen molar-refractivity contribution in [1.29, 1.82) is 0 Å². The standard InChI is InChI=1S/C11H19NO/c1-11(2,3)10(13)8-12-7-9-5-4-6-9/h7,9H,4-6,8H2,1-3H3. The van der Waals surface area contributed by atoms with Crippen molar-refractivity contribution >= 4 is 12.0 Å². The highest BCUT2D eigenvalue weighted by atomic mass is 16.1. The molecule has 0 unspecified atom stereocenters. The first-order valence-corrected chi connectivity index (χ1v) is 5.03. The number of carbonyl (C=O) groups excluding carboxylic acids is 1. The van der Waals surface area contributed by atoms with Crippen molar-refractivity contribution in [3.8, 4) is 0 Å². The van der Waals surface area contributed by atoms with Crippen LogP contribution in [-0.2, 0) is 4.79 Å². The van der Waals surface area contributed by atoms with E-state index in [2.05, 4.69) is 4.99 Å². The Morgan fingerprint density at radius 2 is 2.08 bits per heavy atom. The summed E-state index contributed by atoms with van der Waals surface area (Å²) >= 11 is 0. The normalized spacial score (nSPS) is 19.0. The maximum atomic E-state index is 11.4. The highest BCUT2D eigenvalue weighted by Gasteiger charge is 2.20. The summed E-state index contributed by atoms with van der Waals surface area (Å²) in [5, 5.41) is 0. The van der Waals surface area contributed by atoms with Crippen LogP contribution in [0.1, 0.15) is 40.0 Å². The summed E-state index contributed by atoms with van der Waals surface area (Å²) in [5.74, 6) is 0.885. The van der Waals surface area contributed by atoms with Crippen LogP contribution in [0.2, 0.25) is 0 Å². The van der Waals surface area contributed by atoms with Crippen molar-refractivity contribution in [3.05, 3.63) is 0 Å². The van der Waals surface area contributed by atoms with E-state index >= 15 is 0 Å². The van der Waals surface area contributed by atoms with Gasteiger partial charge in [-0.05, 0) is 18.8 Å². The van der Waals surface area contributed by atoms with E-state index in [9.17, 15) is 4.79 Å². The van der Waals surface area contributed by atoms with Crippen LogP contribution < -0.4 is 0 Å². The number of rotatable bonds is 3. The van der Waals surface area contributed by atoms with Gasteiger partial charge in [-0.1, -0.05) is 27.2 Å². The Labute approximate surface area is 80.4 Å². The molecule has 1 saturated carbocycles. The van der Waals surface area contributed by atoms with Crippen molar-refractivity contribution in [2.45, 2.75) is 40.0 Å². The average Bonchev–Trinajstić information content (AvgIpc) is 1.91. The first-order chi connectivity index (χ1) is 6.00. The quantitative estimate of drug-likeness (QED) is 0.615. The van der Waals surface area contributed by atoms with Gasteiger partial charge in [0.15, 0.2) is 5.78 Å². The molecule has 0 atom stereocenters. The molecule has 2 nitrogen and oxygen atoms in total. The fourth-order valence-corrected chi connectivity index (χ4v) is 1.11. The molecule has 1 aliphatic rings. The van der Waals surface area contributed by atoms with Gasteiger partial charge in [0, 0.05) is 11.6 Å². The molecular formula is C11H19NO. The number of Topliss-reactive ketones (excluding diaryl/α,β-unsaturated/α-hetero) is 1. The van der Waals surface area contributed by atoms with Crippen LogP contribution in [0.4, 0.5) is 0 Å². The Morgan fingerprint density at radius 3 is 2.46 bits per heavy atom. The summed E-state index contributed by atoms with van der Waals surface area (Å²) in [5.41, 5.74) is -0.239. The monoisotopic (exact) mass is 181 g/mol. The van der Waals surface area contributed by atoms with Crippen LogP contribution in [-0.4, -0.2) is 18.5 Å². The molecule has 0 aromatic rings. The van der Waals surface area contributed by atoms with Crippen molar-refractivity contribution in [1.82, 2.24) is 0 Å². The van der Waals surface area contributed by atoms with Gasteiger partial charge in [0.1, 0.15) is 0 Å². The molecule has 0 bridgehead atoms. The Morgan fingerprint density at radius 1 is 1.46 bits per heavy atom. The fourth-order valence-electron chi connectivity index (χ4n) is 1.11. The van der Waals surface area contributed by atoms with E-state index in [4.69, 9.17) is 0 Å². The molecule has 13 heavy (non-hydrogen) atoms. The van der Waals surface area contributed by atoms with E-state index in [1.807, 2.05) is 27.0 Å². The third-order valence-electron chi connectivity index (χ3n) is 2.54. The zero-order valence-electron chi connectivity index (χ0n) is 8.84. The molecule has 0 aromatic heterocycles. The van der Waals surface area contributed by atoms with Gasteiger partial charge in [0.25, 0.3) is 0 Å². The minimum atomic E-state index is -0.239. The Hall–Kier alpha value is -0.660. The molecular weight excluding hydrogens is 162 g/mol. The minimum absolute atomic E-state index is 0.225. The lowest BCUT2D eigenvalue weighted by atomic mass is 9.86. The highest BCUT2D eigenvalue weighted by molar-refractivity contribution is 5.86. The molecule has 0 heterocycles. The summed E-state index contributed by atoms with van der Waals surface area (Å²) < 4.78 is 0. The molecule has 0 aromatic carbocycles. The number of ketones is 1. The maximum absolute atomic E-state index is 11.4. The van der Waals surface area contributed by atoms with Gasteiger partial charge in [-0.3, -0.25) is 9.79 Å². The van der Waals surface area contributed by atoms with Gasteiger partial charge >= 0.3 is 0 Å². The molecule has 0 saturated heterocycles. The van der Waals surface area contributed by atoms with Crippen molar-refractivity contribution in [2.24, 2.45) is 16.3 Å². The zero-order chi connectivity index (χ0) is 9.90. The van der Waals surface area contributed by atoms with Gasteiger partial charge in [-0.15, -0.1) is 0 Å². The van der Waals surface area contributed by atoms with Gasteiger partial charge in [0.2, 0.25) is 0 Å². The van der Waals surface area contributed by atoms with Gasteiger partial charge < -0.3 is 0 Å². The Bertz CT molecular complexity index is 209. The summed E-state index contributed by atoms with van der Waals surface area (Å²) in [6.07, 6.45) is 5.80. The van der Waals surface area contributed by atoms with Crippen LogP contribution in [0.25, 0.3) is 0 Å². The lowest BCUT2D eigenvalue weighted by Crippen LogP contribution is -2.23. The number of hydrogen-bond acceptors (Lipinski definition) is 2. The summed E-state index contributed by atoms with van der Waals surface area (Å²) in [4.78, 5) is 15.6. The van der Waals surface area contributed by atoms with E-state index < -0.39 is 0 Å². The fraction of sp³-hybridized carbons (Fsp3) is 0.818. The average molecular weight is 181 g/mol. The van der Waals surface area contributed by atoms with Gasteiger partial charge in [-0.25, -0.2) is 0 Å². The first-order valence-electron chi connectivity index (χ1n) is 5.03. The molecule has 2 heteroatoms. The smallest absolute Gasteiger partial charge is 0.159 e. The molecule has 1 aliphatic carbocycles. The van der Waals surface area contributed by atoms with Crippen molar-refractivity contribution in [3.63, 3.8) is 0 Å². The number of hydrogen-bond donors (Lipinski definition) is 0. The number of nitrogens with zero attached hydrogens (tertiary/aromatic N) is 1. The second kappa shape index (κ2) is 4.03. The topological polar surface area (TPSA) is 29.4 Å². The Kier molecular flexibility index (Phi) is 3.23. The van der Waals surface area contributed by atoms with Crippen molar-refractivity contribution < 1.29 is 4.79 Å². The predicted octanol–water partition coefficient (Wildman–Crippen LogP) is 2.47. The van der Waals surface area contributed by atoms with Crippen LogP contribution in [0, 0.1) is 11.3 Å². The summed E-state index contributed by atoms with van der Waals surface area (Å²) in [7, 11) is 0. The van der Waals surface area contributed by atoms with Gasteiger partial charge in [0.05, 0.1) is 6.54 Å². The largest absolute Gasteiger partial charge is 0.297 e. The highest BCUT2D eigenvalue weighted by Crippen LogP contribution is 2.24. The third-order valence-corrected chi connectivity index (χ3v) is 2.54. The van der Waals surface area contributed by atoms with Crippen LogP contribution in [0.3, 0.4) is 0 Å². The van der Waals surface area contributed by atoms with E-state index in [-0.39, 0.29) is 11.2 Å². The molecule has 0 amide bonds. The van der Waals surface area contributed by atoms with Crippen LogP contribution in [0.15, 0.2) is 4.99 Å². The van der Waals surface area contributed by atoms with E-state index in [0.29, 0.717) is 12.5 Å². The molecule has 74 valence electrons. The Balaban J connectivity index is 2.25. The first kappa shape index (κ1) is 10.4. The molecule has 0 N–H and O–H groups in total. The summed E-state index contributed by atoms with van der Waals surface area (Å²) in [6, 6.07) is 0. The minimum Gasteiger partial charge on any atom is -0.297 e. The maximum Gasteiger partial charge on any atom is 0.159 e. The summed E-state index contributed by atoms with van der Waals surface area (Å²) in [6.45, 7) is 6.18. The lowest BCUT2D eigenvalue weighted by Gasteiger charge is -2.20. The third kappa shape index (κ3) is 3.29. The van der Waals surface area contributed by atoms with Crippen LogP contribution in [0.5, 0.6) is 0 Å². The van der Waals surface area contributed by atoms with E-state index in [1.54, 1.807) is 0 Å². The SMILES string of the molecule is CC(C)(C)C(=O)CN=CC1CCC1. The second-order valence-electron chi connectivity index (χ2n) is 4.85. The van der Waals surface area contributed by atoms with Gasteiger partial charge in [-0.2, -0.15) is 0 Å². The molecule has 0 aliphatic heterocycles. The predicted molar refractivity (Wildman–Crippen MR) is 55.2 cm³/mol. The zero-order valence-corrected chi connectivity index (χ0v) is 8.84. The van der Waals surface area contributed by atoms with Crippen LogP contribution >= 0.6 is 0 Å². The van der Waals surface area contributed by atoms with Crippen molar-refractivity contribution in [2.75, 3.05) is 6.54 Å². The van der Waals surface area contributed by atoms with E-state index in [1.165, 1.54) is 19.3 Å². The van der Waals surface area contributed by atoms with E-state index in [0.717, 1.165) is 0 Å². The molecule has 0 spiro atoms. The number of aliphatic imine (C=N–C) groups is 1. The second-order valence-corrected chi connectivity index (χ2v) is 4.85.